The molecule has 6 heterocycles. The Hall–Kier alpha value is -6.76. The predicted molar refractivity (Wildman–Crippen MR) is 217 cm³/mol. The molecule has 13 aromatic rings. The smallest absolute Gasteiger partial charge is 0.220 e. The number of nitrogens with zero attached hydrogens (tertiary/aromatic N) is 5. The molecule has 0 saturated carbocycles. The fraction of sp³-hybridized carbons (Fsp3) is 0. The zero-order valence-corrected chi connectivity index (χ0v) is 28.4. The Kier molecular flexibility index (Phi) is 4.94. The molecule has 0 aliphatic rings. The molecular weight excluding hydrogens is 655 g/mol. The fourth-order valence-corrected chi connectivity index (χ4v) is 10.3. The molecule has 0 fully saturated rings. The average molecular weight is 680 g/mol. The molecule has 6 aromatic heterocycles. The van der Waals surface area contributed by atoms with E-state index in [1.165, 1.54) is 63.8 Å². The third kappa shape index (κ3) is 3.24. The number of para-hydroxylation sites is 4. The van der Waals surface area contributed by atoms with Crippen molar-refractivity contribution in [2.24, 2.45) is 0 Å². The highest BCUT2D eigenvalue weighted by atomic mass is 32.1. The van der Waals surface area contributed by atoms with Crippen LogP contribution in [0.25, 0.3) is 114 Å². The lowest BCUT2D eigenvalue weighted by atomic mass is 10.0. The Morgan fingerprint density at radius 3 is 2.06 bits per heavy atom. The maximum Gasteiger partial charge on any atom is 0.220 e. The number of hydrogen-bond donors (Lipinski definition) is 0. The molecule has 0 atom stereocenters. The van der Waals surface area contributed by atoms with Gasteiger partial charge >= 0.3 is 0 Å². The highest BCUT2D eigenvalue weighted by Crippen LogP contribution is 2.50. The monoisotopic (exact) mass is 679 g/mol. The summed E-state index contributed by atoms with van der Waals surface area (Å²) < 4.78 is 9.89. The normalized spacial score (nSPS) is 12.6. The molecule has 0 N–H and O–H groups in total. The van der Waals surface area contributed by atoms with Gasteiger partial charge in [0.2, 0.25) is 5.95 Å². The van der Waals surface area contributed by atoms with Crippen LogP contribution in [0.15, 0.2) is 152 Å². The van der Waals surface area contributed by atoms with Crippen molar-refractivity contribution in [2.75, 3.05) is 0 Å². The Morgan fingerprint density at radius 1 is 0.442 bits per heavy atom. The minimum Gasteiger partial charge on any atom is -0.308 e. The lowest BCUT2D eigenvalue weighted by Gasteiger charge is -2.14. The van der Waals surface area contributed by atoms with Gasteiger partial charge in [-0.2, -0.15) is 0 Å². The van der Waals surface area contributed by atoms with Crippen LogP contribution in [0.3, 0.4) is 0 Å². The van der Waals surface area contributed by atoms with Crippen LogP contribution in [0.1, 0.15) is 0 Å². The number of hydrogen-bond acceptors (Lipinski definition) is 3. The van der Waals surface area contributed by atoms with E-state index >= 15 is 0 Å². The highest BCUT2D eigenvalue weighted by molar-refractivity contribution is 7.26. The van der Waals surface area contributed by atoms with E-state index in [2.05, 4.69) is 158 Å². The standard InChI is InChI=1S/C46H25N5S/c1-3-10-32-29(8-1)28(24-25-47-32)26-16-18-27(19-17-26)49-35-13-6-4-11-33(35)48-46(49)51-37-15-7-14-36-41(37)42-38(51)21-23-39-43(42)44-40(52-39)22-20-31-30-9-2-5-12-34(30)50(36)45(31)44/h1-25H. The number of benzene rings is 7. The topological polar surface area (TPSA) is 40.0 Å². The molecule has 6 heteroatoms. The van der Waals surface area contributed by atoms with E-state index in [1.807, 2.05) is 23.6 Å². The first-order valence-corrected chi connectivity index (χ1v) is 18.4. The van der Waals surface area contributed by atoms with Crippen LogP contribution < -0.4 is 0 Å². The summed E-state index contributed by atoms with van der Waals surface area (Å²) in [5.74, 6) is 0.877. The van der Waals surface area contributed by atoms with Gasteiger partial charge < -0.3 is 4.40 Å². The van der Waals surface area contributed by atoms with E-state index in [9.17, 15) is 0 Å². The fourth-order valence-electron chi connectivity index (χ4n) is 9.14. The summed E-state index contributed by atoms with van der Waals surface area (Å²) in [5, 5.41) is 9.00. The van der Waals surface area contributed by atoms with Crippen LogP contribution >= 0.6 is 11.3 Å². The van der Waals surface area contributed by atoms with Crippen molar-refractivity contribution in [3.63, 3.8) is 0 Å². The zero-order valence-electron chi connectivity index (χ0n) is 27.6. The lowest BCUT2D eigenvalue weighted by Crippen LogP contribution is -2.05. The van der Waals surface area contributed by atoms with Gasteiger partial charge in [-0.15, -0.1) is 11.3 Å². The third-order valence-electron chi connectivity index (χ3n) is 11.2. The number of rotatable bonds is 3. The number of fused-ring (bicyclic) bond motifs is 6. The molecule has 0 aliphatic heterocycles. The van der Waals surface area contributed by atoms with Crippen LogP contribution in [0.5, 0.6) is 0 Å². The van der Waals surface area contributed by atoms with Gasteiger partial charge in [-0.1, -0.05) is 72.8 Å². The molecule has 0 aliphatic carbocycles. The number of aromatic nitrogens is 5. The van der Waals surface area contributed by atoms with Crippen LogP contribution in [0.4, 0.5) is 0 Å². The van der Waals surface area contributed by atoms with Gasteiger partial charge in [0.05, 0.1) is 44.1 Å². The summed E-state index contributed by atoms with van der Waals surface area (Å²) in [6, 6.07) is 52.8. The molecule has 0 spiro atoms. The molecule has 240 valence electrons. The van der Waals surface area contributed by atoms with Crippen molar-refractivity contribution in [2.45, 2.75) is 0 Å². The second kappa shape index (κ2) is 9.51. The van der Waals surface area contributed by atoms with Gasteiger partial charge in [-0.05, 0) is 83.9 Å². The van der Waals surface area contributed by atoms with Crippen molar-refractivity contribution in [1.29, 1.82) is 0 Å². The van der Waals surface area contributed by atoms with Gasteiger partial charge in [0, 0.05) is 59.0 Å². The van der Waals surface area contributed by atoms with E-state index in [0.29, 0.717) is 0 Å². The van der Waals surface area contributed by atoms with E-state index in [0.717, 1.165) is 50.2 Å². The van der Waals surface area contributed by atoms with E-state index in [-0.39, 0.29) is 0 Å². The van der Waals surface area contributed by atoms with Gasteiger partial charge in [-0.25, -0.2) is 4.98 Å². The van der Waals surface area contributed by atoms with Gasteiger partial charge in [0.25, 0.3) is 0 Å². The quantitative estimate of drug-likeness (QED) is 0.186. The maximum absolute atomic E-state index is 5.42. The molecule has 0 amide bonds. The molecule has 5 nitrogen and oxygen atoms in total. The summed E-state index contributed by atoms with van der Waals surface area (Å²) in [7, 11) is 0. The van der Waals surface area contributed by atoms with Crippen molar-refractivity contribution >= 4 is 103 Å². The first-order chi connectivity index (χ1) is 25.8. The van der Waals surface area contributed by atoms with Crippen LogP contribution in [-0.2, 0) is 0 Å². The number of imidazole rings is 1. The summed E-state index contributed by atoms with van der Waals surface area (Å²) in [4.78, 5) is 10.0. The predicted octanol–water partition coefficient (Wildman–Crippen LogP) is 12.1. The Balaban J connectivity index is 1.15. The SMILES string of the molecule is c1ccc2c(-c3ccc(-n4c(-n5c6ccc7sc8ccc9c%10ccccc%10n%10c%11cccc5c%11c6c7c8c9%10)nc5ccccc54)cc3)ccnc2c1. The largest absolute Gasteiger partial charge is 0.308 e. The minimum absolute atomic E-state index is 0.877. The van der Waals surface area contributed by atoms with Crippen molar-refractivity contribution in [3.8, 4) is 22.8 Å². The van der Waals surface area contributed by atoms with E-state index < -0.39 is 0 Å². The number of thiophene rings is 1. The first kappa shape index (κ1) is 27.0. The molecule has 13 rings (SSSR count). The van der Waals surface area contributed by atoms with E-state index in [1.54, 1.807) is 0 Å². The summed E-state index contributed by atoms with van der Waals surface area (Å²) in [5.41, 5.74) is 12.5. The van der Waals surface area contributed by atoms with Crippen LogP contribution in [0, 0.1) is 0 Å². The lowest BCUT2D eigenvalue weighted by molar-refractivity contribution is 0.956. The highest BCUT2D eigenvalue weighted by Gasteiger charge is 2.27. The summed E-state index contributed by atoms with van der Waals surface area (Å²) in [6.07, 6.45) is 1.90. The number of pyridine rings is 1. The molecule has 0 radical (unpaired) electrons. The van der Waals surface area contributed by atoms with E-state index in [4.69, 9.17) is 4.98 Å². The summed E-state index contributed by atoms with van der Waals surface area (Å²) in [6.45, 7) is 0. The van der Waals surface area contributed by atoms with Crippen LogP contribution in [-0.4, -0.2) is 23.5 Å². The first-order valence-electron chi connectivity index (χ1n) is 17.6. The molecule has 0 saturated heterocycles. The van der Waals surface area contributed by atoms with Crippen molar-refractivity contribution in [3.05, 3.63) is 152 Å². The van der Waals surface area contributed by atoms with Gasteiger partial charge in [0.15, 0.2) is 0 Å². The van der Waals surface area contributed by atoms with Crippen molar-refractivity contribution in [1.82, 2.24) is 23.5 Å². The third-order valence-corrected chi connectivity index (χ3v) is 12.4. The van der Waals surface area contributed by atoms with Gasteiger partial charge in [0.1, 0.15) is 0 Å². The second-order valence-electron chi connectivity index (χ2n) is 13.8. The molecule has 0 bridgehead atoms. The zero-order chi connectivity index (χ0) is 33.7. The molecule has 0 unspecified atom stereocenters. The average Bonchev–Trinajstić information content (AvgIpc) is 3.92. The minimum atomic E-state index is 0.877. The Labute approximate surface area is 299 Å². The Bertz CT molecular complexity index is 3570. The molecule has 52 heavy (non-hydrogen) atoms. The molecule has 7 aromatic carbocycles. The molecular formula is C46H25N5S. The second-order valence-corrected chi connectivity index (χ2v) is 14.9. The van der Waals surface area contributed by atoms with Crippen molar-refractivity contribution < 1.29 is 0 Å². The Morgan fingerprint density at radius 2 is 1.15 bits per heavy atom. The van der Waals surface area contributed by atoms with Crippen LogP contribution in [0.2, 0.25) is 0 Å². The van der Waals surface area contributed by atoms with Gasteiger partial charge in [-0.3, -0.25) is 14.1 Å². The maximum atomic E-state index is 5.42. The summed E-state index contributed by atoms with van der Waals surface area (Å²) >= 11 is 1.89.